The maximum absolute atomic E-state index is 8.09. The van der Waals surface area contributed by atoms with E-state index in [0.29, 0.717) is 6.42 Å². The molecule has 44 valence electrons. The SMILES string of the molecule is C/C=C\CCCC#N. The van der Waals surface area contributed by atoms with Crippen molar-refractivity contribution < 1.29 is 0 Å². The third kappa shape index (κ3) is 5.23. The van der Waals surface area contributed by atoms with Crippen molar-refractivity contribution in [2.75, 3.05) is 0 Å². The van der Waals surface area contributed by atoms with E-state index in [2.05, 4.69) is 12.1 Å². The van der Waals surface area contributed by atoms with Crippen LogP contribution in [0.4, 0.5) is 0 Å². The fraction of sp³-hybridized carbons (Fsp3) is 0.571. The highest BCUT2D eigenvalue weighted by Gasteiger charge is 1.77. The van der Waals surface area contributed by atoms with Crippen molar-refractivity contribution in [2.45, 2.75) is 26.2 Å². The molecule has 0 rings (SSSR count). The van der Waals surface area contributed by atoms with Gasteiger partial charge < -0.3 is 0 Å². The summed E-state index contributed by atoms with van der Waals surface area (Å²) in [5.74, 6) is 0. The Labute approximate surface area is 50.6 Å². The van der Waals surface area contributed by atoms with Crippen LogP contribution in [0.1, 0.15) is 26.2 Å². The first-order valence-electron chi connectivity index (χ1n) is 2.90. The van der Waals surface area contributed by atoms with Crippen LogP contribution in [-0.2, 0) is 0 Å². The molecule has 0 heterocycles. The molecule has 0 N–H and O–H groups in total. The van der Waals surface area contributed by atoms with E-state index in [0.717, 1.165) is 12.8 Å². The van der Waals surface area contributed by atoms with Gasteiger partial charge in [0.15, 0.2) is 0 Å². The first-order chi connectivity index (χ1) is 3.91. The molecule has 0 aromatic carbocycles. The van der Waals surface area contributed by atoms with E-state index >= 15 is 0 Å². The van der Waals surface area contributed by atoms with Gasteiger partial charge in [-0.05, 0) is 19.8 Å². The number of hydrogen-bond acceptors (Lipinski definition) is 1. The molecule has 0 spiro atoms. The van der Waals surface area contributed by atoms with E-state index in [1.807, 2.05) is 13.0 Å². The molecule has 0 unspecified atom stereocenters. The standard InChI is InChI=1S/C7H11N/c1-2-3-4-5-6-7-8/h2-3H,4-6H2,1H3/b3-2-. The fourth-order valence-electron chi connectivity index (χ4n) is 0.466. The van der Waals surface area contributed by atoms with Gasteiger partial charge in [-0.2, -0.15) is 5.26 Å². The third-order valence-electron chi connectivity index (χ3n) is 0.895. The quantitative estimate of drug-likeness (QED) is 0.403. The van der Waals surface area contributed by atoms with Gasteiger partial charge in [0.25, 0.3) is 0 Å². The zero-order chi connectivity index (χ0) is 6.24. The molecule has 0 saturated carbocycles. The highest BCUT2D eigenvalue weighted by molar-refractivity contribution is 4.79. The van der Waals surface area contributed by atoms with Gasteiger partial charge in [0, 0.05) is 6.42 Å². The summed E-state index contributed by atoms with van der Waals surface area (Å²) in [6.45, 7) is 1.99. The Morgan fingerprint density at radius 1 is 1.62 bits per heavy atom. The van der Waals surface area contributed by atoms with E-state index in [-0.39, 0.29) is 0 Å². The summed E-state index contributed by atoms with van der Waals surface area (Å²) in [7, 11) is 0. The summed E-state index contributed by atoms with van der Waals surface area (Å²) in [6.07, 6.45) is 6.82. The Bertz CT molecular complexity index is 97.4. The Morgan fingerprint density at radius 3 is 2.88 bits per heavy atom. The van der Waals surface area contributed by atoms with Crippen molar-refractivity contribution in [1.29, 1.82) is 5.26 Å². The normalized spacial score (nSPS) is 9.50. The molecule has 1 heteroatoms. The number of hydrogen-bond donors (Lipinski definition) is 0. The van der Waals surface area contributed by atoms with Gasteiger partial charge in [0.2, 0.25) is 0 Å². The van der Waals surface area contributed by atoms with Crippen molar-refractivity contribution in [3.8, 4) is 6.07 Å². The van der Waals surface area contributed by atoms with Crippen LogP contribution in [0.3, 0.4) is 0 Å². The fourth-order valence-corrected chi connectivity index (χ4v) is 0.466. The van der Waals surface area contributed by atoms with Gasteiger partial charge in [-0.15, -0.1) is 0 Å². The molecule has 0 aliphatic heterocycles. The lowest BCUT2D eigenvalue weighted by molar-refractivity contribution is 0.875. The Hall–Kier alpha value is -0.770. The van der Waals surface area contributed by atoms with Crippen LogP contribution in [0.2, 0.25) is 0 Å². The van der Waals surface area contributed by atoms with Crippen LogP contribution in [0.25, 0.3) is 0 Å². The van der Waals surface area contributed by atoms with Crippen LogP contribution in [0.5, 0.6) is 0 Å². The second kappa shape index (κ2) is 6.23. The predicted molar refractivity (Wildman–Crippen MR) is 34.3 cm³/mol. The van der Waals surface area contributed by atoms with Crippen molar-refractivity contribution in [2.24, 2.45) is 0 Å². The van der Waals surface area contributed by atoms with Crippen LogP contribution in [-0.4, -0.2) is 0 Å². The molecule has 0 atom stereocenters. The van der Waals surface area contributed by atoms with E-state index in [1.165, 1.54) is 0 Å². The van der Waals surface area contributed by atoms with Gasteiger partial charge in [-0.25, -0.2) is 0 Å². The smallest absolute Gasteiger partial charge is 0.0621 e. The summed E-state index contributed by atoms with van der Waals surface area (Å²) >= 11 is 0. The Kier molecular flexibility index (Phi) is 5.63. The first-order valence-corrected chi connectivity index (χ1v) is 2.90. The molecule has 0 radical (unpaired) electrons. The largest absolute Gasteiger partial charge is 0.198 e. The zero-order valence-electron chi connectivity index (χ0n) is 5.22. The molecular formula is C7H11N. The second-order valence-electron chi connectivity index (χ2n) is 1.62. The maximum atomic E-state index is 8.09. The van der Waals surface area contributed by atoms with Crippen molar-refractivity contribution in [3.05, 3.63) is 12.2 Å². The molecule has 1 nitrogen and oxygen atoms in total. The van der Waals surface area contributed by atoms with Gasteiger partial charge in [0.1, 0.15) is 0 Å². The molecular weight excluding hydrogens is 98.1 g/mol. The number of allylic oxidation sites excluding steroid dienone is 2. The van der Waals surface area contributed by atoms with Crippen molar-refractivity contribution in [3.63, 3.8) is 0 Å². The zero-order valence-corrected chi connectivity index (χ0v) is 5.22. The van der Waals surface area contributed by atoms with Crippen molar-refractivity contribution >= 4 is 0 Å². The second-order valence-corrected chi connectivity index (χ2v) is 1.62. The molecule has 8 heavy (non-hydrogen) atoms. The number of unbranched alkanes of at least 4 members (excludes halogenated alkanes) is 2. The molecule has 0 aromatic rings. The molecule has 0 saturated heterocycles. The Balaban J connectivity index is 2.85. The molecule has 0 aromatic heterocycles. The van der Waals surface area contributed by atoms with Gasteiger partial charge in [-0.1, -0.05) is 12.2 Å². The first kappa shape index (κ1) is 7.23. The van der Waals surface area contributed by atoms with E-state index in [1.54, 1.807) is 0 Å². The average Bonchev–Trinajstić information content (AvgIpc) is 1.81. The van der Waals surface area contributed by atoms with Crippen LogP contribution in [0, 0.1) is 11.3 Å². The van der Waals surface area contributed by atoms with Crippen molar-refractivity contribution in [1.82, 2.24) is 0 Å². The Morgan fingerprint density at radius 2 is 2.38 bits per heavy atom. The predicted octanol–water partition coefficient (Wildman–Crippen LogP) is 2.26. The third-order valence-corrected chi connectivity index (χ3v) is 0.895. The molecule has 0 aliphatic carbocycles. The van der Waals surface area contributed by atoms with E-state index in [4.69, 9.17) is 5.26 Å². The maximum Gasteiger partial charge on any atom is 0.0621 e. The number of nitrogens with zero attached hydrogens (tertiary/aromatic N) is 1. The molecule has 0 aliphatic rings. The van der Waals surface area contributed by atoms with Crippen LogP contribution in [0.15, 0.2) is 12.2 Å². The van der Waals surface area contributed by atoms with E-state index in [9.17, 15) is 0 Å². The van der Waals surface area contributed by atoms with Gasteiger partial charge in [-0.3, -0.25) is 0 Å². The molecule has 0 fully saturated rings. The minimum Gasteiger partial charge on any atom is -0.198 e. The molecule has 0 amide bonds. The minimum absolute atomic E-state index is 0.685. The summed E-state index contributed by atoms with van der Waals surface area (Å²) in [5.41, 5.74) is 0. The summed E-state index contributed by atoms with van der Waals surface area (Å²) in [6, 6.07) is 2.09. The number of nitriles is 1. The van der Waals surface area contributed by atoms with Crippen LogP contribution >= 0.6 is 0 Å². The van der Waals surface area contributed by atoms with Crippen LogP contribution < -0.4 is 0 Å². The summed E-state index contributed by atoms with van der Waals surface area (Å²) in [5, 5.41) is 8.09. The highest BCUT2D eigenvalue weighted by Crippen LogP contribution is 1.93. The highest BCUT2D eigenvalue weighted by atomic mass is 14.2. The monoisotopic (exact) mass is 109 g/mol. The number of rotatable bonds is 3. The molecule has 0 bridgehead atoms. The lowest BCUT2D eigenvalue weighted by atomic mass is 10.2. The topological polar surface area (TPSA) is 23.8 Å². The minimum atomic E-state index is 0.685. The van der Waals surface area contributed by atoms with E-state index < -0.39 is 0 Å². The van der Waals surface area contributed by atoms with Gasteiger partial charge in [0.05, 0.1) is 6.07 Å². The lowest BCUT2D eigenvalue weighted by Crippen LogP contribution is -1.66. The van der Waals surface area contributed by atoms with Gasteiger partial charge >= 0.3 is 0 Å². The summed E-state index contributed by atoms with van der Waals surface area (Å²) in [4.78, 5) is 0. The average molecular weight is 109 g/mol. The lowest BCUT2D eigenvalue weighted by Gasteiger charge is -1.82. The summed E-state index contributed by atoms with van der Waals surface area (Å²) < 4.78 is 0.